The molecule has 0 unspecified atom stereocenters. The summed E-state index contributed by atoms with van der Waals surface area (Å²) < 4.78 is 3.05. The van der Waals surface area contributed by atoms with E-state index >= 15 is 0 Å². The van der Waals surface area contributed by atoms with Crippen molar-refractivity contribution in [3.63, 3.8) is 0 Å². The summed E-state index contributed by atoms with van der Waals surface area (Å²) in [5.74, 6) is -0.567. The van der Waals surface area contributed by atoms with Crippen molar-refractivity contribution in [3.05, 3.63) is 99.7 Å². The van der Waals surface area contributed by atoms with Crippen LogP contribution in [0.1, 0.15) is 58.1 Å². The third kappa shape index (κ3) is 4.73. The van der Waals surface area contributed by atoms with Gasteiger partial charge in [0.05, 0.1) is 6.54 Å². The zero-order chi connectivity index (χ0) is 22.2. The maximum Gasteiger partial charge on any atom is 0.329 e. The normalized spacial score (nSPS) is 11.2. The summed E-state index contributed by atoms with van der Waals surface area (Å²) in [6.07, 6.45) is 0. The lowest BCUT2D eigenvalue weighted by molar-refractivity contribution is 0.102. The first-order valence-corrected chi connectivity index (χ1v) is 11.1. The van der Waals surface area contributed by atoms with Crippen LogP contribution in [0, 0.1) is 13.8 Å². The number of ketones is 1. The van der Waals surface area contributed by atoms with Gasteiger partial charge in [0.25, 0.3) is 5.56 Å². The molecular formula is C23H22Br2N2O3. The molecule has 1 N–H and O–H groups in total. The smallest absolute Gasteiger partial charge is 0.287 e. The molecule has 156 valence electrons. The van der Waals surface area contributed by atoms with Crippen LogP contribution < -0.4 is 11.2 Å². The predicted octanol–water partition coefficient (Wildman–Crippen LogP) is 5.08. The molecule has 0 saturated heterocycles. The summed E-state index contributed by atoms with van der Waals surface area (Å²) in [6.45, 7) is 7.66. The number of carbonyl (C=O) groups is 1. The molecule has 3 aromatic rings. The molecule has 0 bridgehead atoms. The second-order valence-corrected chi connectivity index (χ2v) is 9.58. The third-order valence-corrected chi connectivity index (χ3v) is 5.69. The van der Waals surface area contributed by atoms with E-state index in [0.29, 0.717) is 11.1 Å². The number of aryl methyl sites for hydroxylation is 2. The van der Waals surface area contributed by atoms with Gasteiger partial charge in [-0.3, -0.25) is 19.1 Å². The van der Waals surface area contributed by atoms with Crippen LogP contribution >= 0.6 is 31.9 Å². The highest BCUT2D eigenvalue weighted by molar-refractivity contribution is 9.11. The van der Waals surface area contributed by atoms with Gasteiger partial charge in [-0.15, -0.1) is 0 Å². The molecule has 0 saturated carbocycles. The van der Waals surface area contributed by atoms with Crippen LogP contribution in [0.25, 0.3) is 0 Å². The van der Waals surface area contributed by atoms with Gasteiger partial charge in [-0.1, -0.05) is 62.9 Å². The third-order valence-electron chi connectivity index (χ3n) is 4.77. The highest BCUT2D eigenvalue weighted by Crippen LogP contribution is 2.23. The van der Waals surface area contributed by atoms with Crippen LogP contribution in [0.2, 0.25) is 0 Å². The van der Waals surface area contributed by atoms with Gasteiger partial charge in [-0.05, 0) is 55.7 Å². The van der Waals surface area contributed by atoms with E-state index in [1.54, 1.807) is 12.1 Å². The van der Waals surface area contributed by atoms with E-state index in [0.717, 1.165) is 25.6 Å². The van der Waals surface area contributed by atoms with Gasteiger partial charge in [0.1, 0.15) is 5.69 Å². The summed E-state index contributed by atoms with van der Waals surface area (Å²) >= 11 is 6.90. The molecule has 2 aromatic carbocycles. The fourth-order valence-corrected chi connectivity index (χ4v) is 5.03. The van der Waals surface area contributed by atoms with Crippen LogP contribution in [0.3, 0.4) is 0 Å². The van der Waals surface area contributed by atoms with E-state index in [4.69, 9.17) is 0 Å². The van der Waals surface area contributed by atoms with Crippen LogP contribution in [0.15, 0.2) is 54.9 Å². The maximum absolute atomic E-state index is 13.6. The van der Waals surface area contributed by atoms with Crippen molar-refractivity contribution in [2.24, 2.45) is 0 Å². The Labute approximate surface area is 191 Å². The average Bonchev–Trinajstić information content (AvgIpc) is 2.61. The van der Waals surface area contributed by atoms with Crippen molar-refractivity contribution in [1.82, 2.24) is 9.55 Å². The predicted molar refractivity (Wildman–Crippen MR) is 126 cm³/mol. The standard InChI is InChI=1S/C23H22Br2N2O3/c1-12(2)19-20(21(28)16-6-13(3)5-14(4)7-16)27(23(30)26-22(19)29)11-15-8-17(24)10-18(25)9-15/h5-10,12H,11H2,1-4H3,(H,26,29,30). The first kappa shape index (κ1) is 22.4. The van der Waals surface area contributed by atoms with Gasteiger partial charge in [0.2, 0.25) is 5.78 Å². The molecule has 7 heteroatoms. The van der Waals surface area contributed by atoms with Crippen molar-refractivity contribution in [2.75, 3.05) is 0 Å². The summed E-state index contributed by atoms with van der Waals surface area (Å²) in [4.78, 5) is 41.4. The van der Waals surface area contributed by atoms with Crippen molar-refractivity contribution in [1.29, 1.82) is 0 Å². The van der Waals surface area contributed by atoms with Gasteiger partial charge in [-0.2, -0.15) is 0 Å². The number of H-pyrrole nitrogens is 1. The molecule has 1 heterocycles. The number of rotatable bonds is 5. The molecule has 0 fully saturated rings. The molecule has 0 aliphatic rings. The number of halogens is 2. The van der Waals surface area contributed by atoms with Gasteiger partial charge in [0.15, 0.2) is 0 Å². The number of aromatic amines is 1. The Hall–Kier alpha value is -2.25. The van der Waals surface area contributed by atoms with Crippen LogP contribution in [0.5, 0.6) is 0 Å². The number of nitrogens with one attached hydrogen (secondary N) is 1. The molecule has 0 radical (unpaired) electrons. The molecule has 0 spiro atoms. The SMILES string of the molecule is Cc1cc(C)cc(C(=O)c2c(C(C)C)c(=O)[nH]c(=O)n2Cc2cc(Br)cc(Br)c2)c1. The zero-order valence-electron chi connectivity index (χ0n) is 17.2. The number of hydrogen-bond donors (Lipinski definition) is 1. The monoisotopic (exact) mass is 532 g/mol. The summed E-state index contributed by atoms with van der Waals surface area (Å²) in [5.41, 5.74) is 2.49. The lowest BCUT2D eigenvalue weighted by Crippen LogP contribution is -2.38. The Bertz CT molecular complexity index is 1220. The molecule has 0 amide bonds. The van der Waals surface area contributed by atoms with E-state index in [1.807, 2.05) is 52.0 Å². The van der Waals surface area contributed by atoms with Crippen molar-refractivity contribution in [2.45, 2.75) is 40.2 Å². The number of aromatic nitrogens is 2. The molecule has 30 heavy (non-hydrogen) atoms. The Morgan fingerprint density at radius 3 is 2.07 bits per heavy atom. The minimum Gasteiger partial charge on any atom is -0.287 e. The molecular weight excluding hydrogens is 512 g/mol. The van der Waals surface area contributed by atoms with Gasteiger partial charge in [0, 0.05) is 20.1 Å². The van der Waals surface area contributed by atoms with E-state index in [1.165, 1.54) is 4.57 Å². The van der Waals surface area contributed by atoms with Crippen LogP contribution in [0.4, 0.5) is 0 Å². The van der Waals surface area contributed by atoms with Crippen molar-refractivity contribution < 1.29 is 4.79 Å². The van der Waals surface area contributed by atoms with Gasteiger partial charge >= 0.3 is 5.69 Å². The highest BCUT2D eigenvalue weighted by Gasteiger charge is 2.25. The Morgan fingerprint density at radius 2 is 1.53 bits per heavy atom. The second kappa shape index (κ2) is 8.86. The first-order valence-electron chi connectivity index (χ1n) is 9.51. The van der Waals surface area contributed by atoms with Crippen molar-refractivity contribution >= 4 is 37.6 Å². The molecule has 0 atom stereocenters. The topological polar surface area (TPSA) is 71.9 Å². The summed E-state index contributed by atoms with van der Waals surface area (Å²) in [7, 11) is 0. The molecule has 5 nitrogen and oxygen atoms in total. The molecule has 0 aliphatic heterocycles. The van der Waals surface area contributed by atoms with E-state index < -0.39 is 11.2 Å². The average molecular weight is 534 g/mol. The Balaban J connectivity index is 2.29. The highest BCUT2D eigenvalue weighted by atomic mass is 79.9. The molecule has 1 aromatic heterocycles. The van der Waals surface area contributed by atoms with Crippen LogP contribution in [-0.4, -0.2) is 15.3 Å². The van der Waals surface area contributed by atoms with E-state index in [-0.39, 0.29) is 23.9 Å². The number of nitrogens with zero attached hydrogens (tertiary/aromatic N) is 1. The Morgan fingerprint density at radius 1 is 0.967 bits per heavy atom. The van der Waals surface area contributed by atoms with Crippen LogP contribution in [-0.2, 0) is 6.54 Å². The minimum absolute atomic E-state index is 0.139. The van der Waals surface area contributed by atoms with E-state index in [9.17, 15) is 14.4 Å². The lowest BCUT2D eigenvalue weighted by atomic mass is 9.95. The first-order chi connectivity index (χ1) is 14.1. The minimum atomic E-state index is -0.603. The van der Waals surface area contributed by atoms with Gasteiger partial charge in [-0.25, -0.2) is 4.79 Å². The molecule has 0 aliphatic carbocycles. The fraction of sp³-hybridized carbons (Fsp3) is 0.261. The summed E-state index contributed by atoms with van der Waals surface area (Å²) in [6, 6.07) is 11.2. The quantitative estimate of drug-likeness (QED) is 0.465. The zero-order valence-corrected chi connectivity index (χ0v) is 20.3. The van der Waals surface area contributed by atoms with Crippen molar-refractivity contribution in [3.8, 4) is 0 Å². The lowest BCUT2D eigenvalue weighted by Gasteiger charge is -2.18. The Kier molecular flexibility index (Phi) is 6.62. The fourth-order valence-electron chi connectivity index (χ4n) is 3.65. The summed E-state index contributed by atoms with van der Waals surface area (Å²) in [5, 5.41) is 0. The van der Waals surface area contributed by atoms with E-state index in [2.05, 4.69) is 36.8 Å². The second-order valence-electron chi connectivity index (χ2n) is 7.75. The molecule has 3 rings (SSSR count). The number of hydrogen-bond acceptors (Lipinski definition) is 3. The number of carbonyl (C=O) groups excluding carboxylic acids is 1. The largest absolute Gasteiger partial charge is 0.329 e. The maximum atomic E-state index is 13.6. The van der Waals surface area contributed by atoms with Gasteiger partial charge < -0.3 is 0 Å². The number of benzene rings is 2.